The maximum Gasteiger partial charge on any atom is 0.407 e. The smallest absolute Gasteiger partial charge is 0.407 e. The molecular weight excluding hydrogens is 274 g/mol. The van der Waals surface area contributed by atoms with Gasteiger partial charge in [0.15, 0.2) is 0 Å². The van der Waals surface area contributed by atoms with E-state index in [0.29, 0.717) is 6.54 Å². The van der Waals surface area contributed by atoms with Crippen molar-refractivity contribution < 1.29 is 14.3 Å². The van der Waals surface area contributed by atoms with Crippen molar-refractivity contribution >= 4 is 17.9 Å². The SMILES string of the molecule is COc1ccc(CSCCNC(=O)OC(C)(C)C)cc1. The molecule has 0 saturated carbocycles. The van der Waals surface area contributed by atoms with E-state index in [2.05, 4.69) is 5.32 Å². The molecule has 0 bridgehead atoms. The van der Waals surface area contributed by atoms with Crippen molar-refractivity contribution in [1.29, 1.82) is 0 Å². The average Bonchev–Trinajstić information content (AvgIpc) is 2.37. The summed E-state index contributed by atoms with van der Waals surface area (Å²) in [5, 5.41) is 2.74. The van der Waals surface area contributed by atoms with Crippen molar-refractivity contribution in [3.05, 3.63) is 29.8 Å². The van der Waals surface area contributed by atoms with Gasteiger partial charge in [0, 0.05) is 18.1 Å². The molecule has 4 nitrogen and oxygen atoms in total. The van der Waals surface area contributed by atoms with Crippen LogP contribution in [0, 0.1) is 0 Å². The van der Waals surface area contributed by atoms with E-state index in [4.69, 9.17) is 9.47 Å². The van der Waals surface area contributed by atoms with Gasteiger partial charge < -0.3 is 14.8 Å². The maximum absolute atomic E-state index is 11.4. The van der Waals surface area contributed by atoms with Gasteiger partial charge >= 0.3 is 6.09 Å². The van der Waals surface area contributed by atoms with Crippen LogP contribution in [-0.4, -0.2) is 31.1 Å². The first kappa shape index (κ1) is 16.7. The molecule has 0 saturated heterocycles. The molecule has 20 heavy (non-hydrogen) atoms. The van der Waals surface area contributed by atoms with E-state index < -0.39 is 5.60 Å². The number of ether oxygens (including phenoxy) is 2. The molecular formula is C15H23NO3S. The summed E-state index contributed by atoms with van der Waals surface area (Å²) >= 11 is 1.77. The number of rotatable bonds is 6. The van der Waals surface area contributed by atoms with E-state index in [1.54, 1.807) is 18.9 Å². The summed E-state index contributed by atoms with van der Waals surface area (Å²) in [7, 11) is 1.66. The number of amides is 1. The Morgan fingerprint density at radius 3 is 2.45 bits per heavy atom. The Balaban J connectivity index is 2.14. The van der Waals surface area contributed by atoms with Gasteiger partial charge in [0.1, 0.15) is 11.4 Å². The number of carbonyl (C=O) groups excluding carboxylic acids is 1. The Bertz CT molecular complexity index is 412. The molecule has 5 heteroatoms. The van der Waals surface area contributed by atoms with Crippen LogP contribution in [0.2, 0.25) is 0 Å². The Morgan fingerprint density at radius 2 is 1.90 bits per heavy atom. The first-order valence-electron chi connectivity index (χ1n) is 6.58. The minimum Gasteiger partial charge on any atom is -0.497 e. The van der Waals surface area contributed by atoms with Gasteiger partial charge in [-0.1, -0.05) is 12.1 Å². The van der Waals surface area contributed by atoms with Gasteiger partial charge in [-0.15, -0.1) is 0 Å². The van der Waals surface area contributed by atoms with E-state index in [9.17, 15) is 4.79 Å². The third-order valence-electron chi connectivity index (χ3n) is 2.34. The average molecular weight is 297 g/mol. The van der Waals surface area contributed by atoms with Gasteiger partial charge in [-0.25, -0.2) is 4.79 Å². The molecule has 0 fully saturated rings. The summed E-state index contributed by atoms with van der Waals surface area (Å²) in [6.45, 7) is 6.16. The van der Waals surface area contributed by atoms with Crippen LogP contribution in [0.15, 0.2) is 24.3 Å². The van der Waals surface area contributed by atoms with E-state index in [-0.39, 0.29) is 6.09 Å². The van der Waals surface area contributed by atoms with Crippen molar-refractivity contribution in [2.75, 3.05) is 19.4 Å². The summed E-state index contributed by atoms with van der Waals surface area (Å²) < 4.78 is 10.3. The summed E-state index contributed by atoms with van der Waals surface area (Å²) in [6.07, 6.45) is -0.359. The summed E-state index contributed by atoms with van der Waals surface area (Å²) in [6, 6.07) is 8.00. The van der Waals surface area contributed by atoms with E-state index in [1.807, 2.05) is 45.0 Å². The highest BCUT2D eigenvalue weighted by Crippen LogP contribution is 2.16. The molecule has 0 heterocycles. The Morgan fingerprint density at radius 1 is 1.25 bits per heavy atom. The fourth-order valence-corrected chi connectivity index (χ4v) is 2.27. The number of hydrogen-bond donors (Lipinski definition) is 1. The number of methoxy groups -OCH3 is 1. The quantitative estimate of drug-likeness (QED) is 0.817. The molecule has 1 rings (SSSR count). The molecule has 1 N–H and O–H groups in total. The fourth-order valence-electron chi connectivity index (χ4n) is 1.45. The molecule has 1 amide bonds. The number of carbonyl (C=O) groups is 1. The van der Waals surface area contributed by atoms with Crippen LogP contribution in [0.3, 0.4) is 0 Å². The van der Waals surface area contributed by atoms with Crippen molar-refractivity contribution in [1.82, 2.24) is 5.32 Å². The summed E-state index contributed by atoms with van der Waals surface area (Å²) in [5.41, 5.74) is 0.799. The van der Waals surface area contributed by atoms with Crippen LogP contribution < -0.4 is 10.1 Å². The third kappa shape index (κ3) is 7.28. The lowest BCUT2D eigenvalue weighted by Crippen LogP contribution is -2.33. The zero-order valence-electron chi connectivity index (χ0n) is 12.6. The second-order valence-electron chi connectivity index (χ2n) is 5.33. The third-order valence-corrected chi connectivity index (χ3v) is 3.37. The topological polar surface area (TPSA) is 47.6 Å². The first-order valence-corrected chi connectivity index (χ1v) is 7.74. The molecule has 0 atom stereocenters. The monoisotopic (exact) mass is 297 g/mol. The molecule has 0 aliphatic heterocycles. The van der Waals surface area contributed by atoms with Gasteiger partial charge in [0.25, 0.3) is 0 Å². The Labute approximate surface area is 125 Å². The number of thioether (sulfide) groups is 1. The summed E-state index contributed by atoms with van der Waals surface area (Å²) in [4.78, 5) is 11.4. The molecule has 0 aliphatic carbocycles. The number of alkyl carbamates (subject to hydrolysis) is 1. The second kappa shape index (κ2) is 8.04. The number of benzene rings is 1. The zero-order chi connectivity index (χ0) is 15.0. The van der Waals surface area contributed by atoms with Gasteiger partial charge in [0.05, 0.1) is 7.11 Å². The lowest BCUT2D eigenvalue weighted by atomic mass is 10.2. The van der Waals surface area contributed by atoms with Crippen LogP contribution in [0.25, 0.3) is 0 Å². The lowest BCUT2D eigenvalue weighted by molar-refractivity contribution is 0.0531. The van der Waals surface area contributed by atoms with E-state index in [1.165, 1.54) is 5.56 Å². The van der Waals surface area contributed by atoms with Crippen LogP contribution in [-0.2, 0) is 10.5 Å². The zero-order valence-corrected chi connectivity index (χ0v) is 13.4. The van der Waals surface area contributed by atoms with E-state index in [0.717, 1.165) is 17.3 Å². The highest BCUT2D eigenvalue weighted by atomic mass is 32.2. The predicted molar refractivity (Wildman–Crippen MR) is 83.4 cm³/mol. The Kier molecular flexibility index (Phi) is 6.71. The highest BCUT2D eigenvalue weighted by molar-refractivity contribution is 7.98. The predicted octanol–water partition coefficient (Wildman–Crippen LogP) is 3.45. The second-order valence-corrected chi connectivity index (χ2v) is 6.43. The van der Waals surface area contributed by atoms with Crippen LogP contribution in [0.5, 0.6) is 5.75 Å². The van der Waals surface area contributed by atoms with Crippen molar-refractivity contribution in [2.24, 2.45) is 0 Å². The maximum atomic E-state index is 11.4. The molecule has 1 aromatic rings. The van der Waals surface area contributed by atoms with Gasteiger partial charge in [-0.2, -0.15) is 11.8 Å². The fraction of sp³-hybridized carbons (Fsp3) is 0.533. The molecule has 112 valence electrons. The summed E-state index contributed by atoms with van der Waals surface area (Å²) in [5.74, 6) is 2.64. The van der Waals surface area contributed by atoms with Crippen LogP contribution >= 0.6 is 11.8 Å². The molecule has 0 radical (unpaired) electrons. The minimum absolute atomic E-state index is 0.359. The molecule has 0 spiro atoms. The first-order chi connectivity index (χ1) is 9.40. The highest BCUT2D eigenvalue weighted by Gasteiger charge is 2.15. The van der Waals surface area contributed by atoms with Crippen LogP contribution in [0.4, 0.5) is 4.79 Å². The van der Waals surface area contributed by atoms with Gasteiger partial charge in [-0.05, 0) is 38.5 Å². The normalized spacial score (nSPS) is 11.0. The molecule has 1 aromatic carbocycles. The van der Waals surface area contributed by atoms with Crippen molar-refractivity contribution in [3.8, 4) is 5.75 Å². The molecule has 0 aromatic heterocycles. The van der Waals surface area contributed by atoms with E-state index >= 15 is 0 Å². The van der Waals surface area contributed by atoms with Gasteiger partial charge in [-0.3, -0.25) is 0 Å². The van der Waals surface area contributed by atoms with Crippen molar-refractivity contribution in [2.45, 2.75) is 32.1 Å². The molecule has 0 aliphatic rings. The lowest BCUT2D eigenvalue weighted by Gasteiger charge is -2.19. The minimum atomic E-state index is -0.444. The standard InChI is InChI=1S/C15H23NO3S/c1-15(2,3)19-14(17)16-9-10-20-11-12-5-7-13(18-4)8-6-12/h5-8H,9-11H2,1-4H3,(H,16,17). The van der Waals surface area contributed by atoms with Crippen LogP contribution in [0.1, 0.15) is 26.3 Å². The molecule has 0 unspecified atom stereocenters. The van der Waals surface area contributed by atoms with Gasteiger partial charge in [0.2, 0.25) is 0 Å². The van der Waals surface area contributed by atoms with Crippen molar-refractivity contribution in [3.63, 3.8) is 0 Å². The Hall–Kier alpha value is -1.36. The number of nitrogens with one attached hydrogen (secondary N) is 1. The largest absolute Gasteiger partial charge is 0.497 e. The number of hydrogen-bond acceptors (Lipinski definition) is 4.